The number of aliphatic hydroxyl groups is 1. The first-order valence-electron chi connectivity index (χ1n) is 13.3. The van der Waals surface area contributed by atoms with Crippen LogP contribution in [0.25, 0.3) is 10.8 Å². The van der Waals surface area contributed by atoms with E-state index >= 15 is 4.39 Å². The van der Waals surface area contributed by atoms with Crippen molar-refractivity contribution in [2.24, 2.45) is 5.41 Å². The minimum atomic E-state index is -4.43. The molecule has 0 spiro atoms. The number of hydrogen-bond acceptors (Lipinski definition) is 10. The first-order valence-corrected chi connectivity index (χ1v) is 14.9. The fraction of sp³-hybridized carbons (Fsp3) is 0.464. The predicted molar refractivity (Wildman–Crippen MR) is 153 cm³/mol. The molecule has 1 aliphatic rings. The summed E-state index contributed by atoms with van der Waals surface area (Å²) in [6.45, 7) is 7.69. The molecule has 0 bridgehead atoms. The molecule has 6 atom stereocenters. The van der Waals surface area contributed by atoms with Gasteiger partial charge in [-0.05, 0) is 36.8 Å². The lowest BCUT2D eigenvalue weighted by Crippen LogP contribution is -2.44. The van der Waals surface area contributed by atoms with Gasteiger partial charge in [0, 0.05) is 11.6 Å². The molecule has 1 aliphatic heterocycles. The maximum absolute atomic E-state index is 15.5. The third kappa shape index (κ3) is 7.16. The summed E-state index contributed by atoms with van der Waals surface area (Å²) < 4.78 is 53.0. The highest BCUT2D eigenvalue weighted by molar-refractivity contribution is 7.52. The molecule has 0 amide bonds. The number of carbonyl (C=O) groups excluding carboxylic acids is 1. The smallest absolute Gasteiger partial charge is 0.459 e. The number of ether oxygens (including phenoxy) is 2. The normalized spacial score (nSPS) is 24.7. The van der Waals surface area contributed by atoms with Crippen LogP contribution in [0.4, 0.5) is 10.2 Å². The van der Waals surface area contributed by atoms with Gasteiger partial charge < -0.3 is 24.8 Å². The summed E-state index contributed by atoms with van der Waals surface area (Å²) >= 11 is 0. The Morgan fingerprint density at radius 3 is 2.64 bits per heavy atom. The molecular formula is C28H36FN4O8P. The van der Waals surface area contributed by atoms with E-state index in [1.807, 2.05) is 39.0 Å². The van der Waals surface area contributed by atoms with E-state index in [1.54, 1.807) is 24.3 Å². The molecule has 0 saturated carbocycles. The van der Waals surface area contributed by atoms with Gasteiger partial charge in [0.1, 0.15) is 29.3 Å². The molecule has 42 heavy (non-hydrogen) atoms. The molecule has 12 nitrogen and oxygen atoms in total. The lowest BCUT2D eigenvalue weighted by molar-refractivity contribution is -0.148. The number of aromatic nitrogens is 2. The Morgan fingerprint density at radius 2 is 1.95 bits per heavy atom. The first kappa shape index (κ1) is 31.6. The van der Waals surface area contributed by atoms with Gasteiger partial charge in [0.05, 0.1) is 13.2 Å². The number of nitrogens with two attached hydrogens (primary N) is 1. The van der Waals surface area contributed by atoms with Crippen LogP contribution < -0.4 is 21.0 Å². The zero-order valence-electron chi connectivity index (χ0n) is 24.0. The van der Waals surface area contributed by atoms with Crippen LogP contribution in [0.2, 0.25) is 0 Å². The highest BCUT2D eigenvalue weighted by Crippen LogP contribution is 2.48. The third-order valence-corrected chi connectivity index (χ3v) is 8.15. The van der Waals surface area contributed by atoms with E-state index in [-0.39, 0.29) is 23.6 Å². The molecule has 0 radical (unpaired) electrons. The van der Waals surface area contributed by atoms with Gasteiger partial charge in [-0.15, -0.1) is 0 Å². The maximum Gasteiger partial charge on any atom is 0.459 e. The summed E-state index contributed by atoms with van der Waals surface area (Å²) in [4.78, 5) is 28.7. The number of halogens is 1. The Balaban J connectivity index is 1.58. The number of esters is 1. The SMILES string of the molecule is CC(NP(=O)(OCC1OC(n2ccc(N)nc2=O)C(C)(O)C1F)Oc1cccc2ccccc12)C(=O)OCC(C)(C)C. The van der Waals surface area contributed by atoms with E-state index in [2.05, 4.69) is 10.1 Å². The number of alkyl halides is 1. The second-order valence-corrected chi connectivity index (χ2v) is 13.3. The van der Waals surface area contributed by atoms with Crippen LogP contribution in [-0.4, -0.2) is 57.8 Å². The first-order chi connectivity index (χ1) is 19.6. The second-order valence-electron chi connectivity index (χ2n) is 11.6. The Bertz CT molecular complexity index is 1540. The molecule has 0 aliphatic carbocycles. The number of fused-ring (bicyclic) bond motifs is 1. The zero-order valence-corrected chi connectivity index (χ0v) is 24.9. The van der Waals surface area contributed by atoms with Crippen molar-refractivity contribution < 1.29 is 37.4 Å². The van der Waals surface area contributed by atoms with Gasteiger partial charge in [-0.3, -0.25) is 13.9 Å². The van der Waals surface area contributed by atoms with Crippen LogP contribution in [0, 0.1) is 5.41 Å². The number of rotatable bonds is 10. The van der Waals surface area contributed by atoms with E-state index in [0.717, 1.165) is 16.9 Å². The topological polar surface area (TPSA) is 164 Å². The molecule has 1 saturated heterocycles. The van der Waals surface area contributed by atoms with Crippen LogP contribution in [0.5, 0.6) is 5.75 Å². The fourth-order valence-electron chi connectivity index (χ4n) is 4.33. The number of carbonyl (C=O) groups is 1. The lowest BCUT2D eigenvalue weighted by Gasteiger charge is -2.26. The van der Waals surface area contributed by atoms with E-state index in [0.29, 0.717) is 5.39 Å². The molecular weight excluding hydrogens is 570 g/mol. The highest BCUT2D eigenvalue weighted by atomic mass is 31.2. The molecule has 1 fully saturated rings. The highest BCUT2D eigenvalue weighted by Gasteiger charge is 2.55. The molecule has 2 aromatic carbocycles. The molecule has 4 rings (SSSR count). The molecule has 2 heterocycles. The van der Waals surface area contributed by atoms with Crippen molar-refractivity contribution in [3.05, 3.63) is 65.2 Å². The number of nitrogens with zero attached hydrogens (tertiary/aromatic N) is 2. The van der Waals surface area contributed by atoms with Crippen LogP contribution >= 0.6 is 7.75 Å². The predicted octanol–water partition coefficient (Wildman–Crippen LogP) is 3.74. The van der Waals surface area contributed by atoms with Gasteiger partial charge >= 0.3 is 19.4 Å². The van der Waals surface area contributed by atoms with E-state index < -0.39 is 56.2 Å². The van der Waals surface area contributed by atoms with Crippen molar-refractivity contribution in [3.63, 3.8) is 0 Å². The molecule has 6 unspecified atom stereocenters. The van der Waals surface area contributed by atoms with E-state index in [4.69, 9.17) is 24.3 Å². The summed E-state index contributed by atoms with van der Waals surface area (Å²) in [5.41, 5.74) is 2.19. The summed E-state index contributed by atoms with van der Waals surface area (Å²) in [7, 11) is -4.43. The van der Waals surface area contributed by atoms with Crippen molar-refractivity contribution in [2.75, 3.05) is 18.9 Å². The molecule has 1 aromatic heterocycles. The summed E-state index contributed by atoms with van der Waals surface area (Å²) in [5, 5.41) is 14.9. The largest absolute Gasteiger partial charge is 0.464 e. The van der Waals surface area contributed by atoms with Crippen molar-refractivity contribution in [3.8, 4) is 5.75 Å². The summed E-state index contributed by atoms with van der Waals surface area (Å²) in [5.74, 6) is -0.569. The quantitative estimate of drug-likeness (QED) is 0.228. The molecule has 4 N–H and O–H groups in total. The Morgan fingerprint density at radius 1 is 1.26 bits per heavy atom. The second kappa shape index (κ2) is 12.1. The number of hydrogen-bond donors (Lipinski definition) is 3. The summed E-state index contributed by atoms with van der Waals surface area (Å²) in [6, 6.07) is 12.5. The monoisotopic (exact) mass is 606 g/mol. The van der Waals surface area contributed by atoms with Crippen LogP contribution in [0.1, 0.15) is 40.8 Å². The van der Waals surface area contributed by atoms with E-state index in [1.165, 1.54) is 19.2 Å². The van der Waals surface area contributed by atoms with Crippen molar-refractivity contribution in [1.82, 2.24) is 14.6 Å². The fourth-order valence-corrected chi connectivity index (χ4v) is 5.85. The van der Waals surface area contributed by atoms with E-state index in [9.17, 15) is 19.3 Å². The number of nitrogen functional groups attached to an aromatic ring is 1. The van der Waals surface area contributed by atoms with Crippen molar-refractivity contribution in [2.45, 2.75) is 64.8 Å². The maximum atomic E-state index is 15.5. The average Bonchev–Trinajstić information content (AvgIpc) is 3.14. The Hall–Kier alpha value is -3.35. The Labute approximate surface area is 242 Å². The molecule has 3 aromatic rings. The van der Waals surface area contributed by atoms with Crippen LogP contribution in [0.15, 0.2) is 59.5 Å². The molecule has 228 valence electrons. The lowest BCUT2D eigenvalue weighted by atomic mass is 9.98. The van der Waals surface area contributed by atoms with Gasteiger partial charge in [0.2, 0.25) is 0 Å². The van der Waals surface area contributed by atoms with Crippen LogP contribution in [0.3, 0.4) is 0 Å². The van der Waals surface area contributed by atoms with Gasteiger partial charge in [0.15, 0.2) is 12.4 Å². The van der Waals surface area contributed by atoms with Gasteiger partial charge in [-0.2, -0.15) is 10.1 Å². The Kier molecular flexibility index (Phi) is 9.10. The minimum Gasteiger partial charge on any atom is -0.464 e. The minimum absolute atomic E-state index is 0.0571. The number of anilines is 1. The standard InChI is InChI=1S/C28H36FN4O8P/c1-17(24(34)38-16-27(2,3)4)32-42(37,41-20-12-8-10-18-9-6-7-11-19(18)20)39-15-21-23(29)28(5,36)25(40-21)33-14-13-22(30)31-26(33)35/h6-14,17,21,23,25,36H,15-16H2,1-5H3,(H,32,37)(H2,30,31,35). The van der Waals surface area contributed by atoms with Crippen molar-refractivity contribution in [1.29, 1.82) is 0 Å². The van der Waals surface area contributed by atoms with Gasteiger partial charge in [-0.25, -0.2) is 13.8 Å². The third-order valence-electron chi connectivity index (χ3n) is 6.52. The summed E-state index contributed by atoms with van der Waals surface area (Å²) in [6.07, 6.45) is -3.82. The zero-order chi connectivity index (χ0) is 30.9. The van der Waals surface area contributed by atoms with Gasteiger partial charge in [-0.1, -0.05) is 57.2 Å². The van der Waals surface area contributed by atoms with Crippen LogP contribution in [-0.2, 0) is 23.4 Å². The number of nitrogens with one attached hydrogen (secondary N) is 1. The average molecular weight is 607 g/mol. The molecule has 14 heteroatoms. The van der Waals surface area contributed by atoms with Gasteiger partial charge in [0.25, 0.3) is 0 Å². The number of benzene rings is 2. The van der Waals surface area contributed by atoms with Crippen molar-refractivity contribution >= 4 is 30.3 Å².